The number of aromatic nitrogens is 1. The lowest BCUT2D eigenvalue weighted by atomic mass is 10.1. The summed E-state index contributed by atoms with van der Waals surface area (Å²) in [7, 11) is 0. The van der Waals surface area contributed by atoms with Crippen molar-refractivity contribution in [2.45, 2.75) is 6.42 Å². The lowest BCUT2D eigenvalue weighted by Crippen LogP contribution is -2.11. The van der Waals surface area contributed by atoms with E-state index < -0.39 is 0 Å². The molecule has 0 spiro atoms. The molecule has 3 rings (SSSR count). The van der Waals surface area contributed by atoms with Gasteiger partial charge in [-0.3, -0.25) is 4.79 Å². The summed E-state index contributed by atoms with van der Waals surface area (Å²) in [5.41, 5.74) is 1.91. The SMILES string of the molecule is O=C(Cc1c[nH]c2ccccc12)Oc1ccc(Br)cc1Cl. The minimum atomic E-state index is -0.344. The van der Waals surface area contributed by atoms with Gasteiger partial charge in [0.05, 0.1) is 11.4 Å². The zero-order chi connectivity index (χ0) is 14.8. The van der Waals surface area contributed by atoms with Crippen LogP contribution in [0.3, 0.4) is 0 Å². The van der Waals surface area contributed by atoms with E-state index in [2.05, 4.69) is 20.9 Å². The fourth-order valence-corrected chi connectivity index (χ4v) is 2.86. The molecule has 0 amide bonds. The molecule has 0 aliphatic carbocycles. The van der Waals surface area contributed by atoms with Gasteiger partial charge in [-0.2, -0.15) is 0 Å². The Bertz CT molecular complexity index is 813. The largest absolute Gasteiger partial charge is 0.425 e. The molecule has 3 nitrogen and oxygen atoms in total. The molecule has 106 valence electrons. The third kappa shape index (κ3) is 3.12. The van der Waals surface area contributed by atoms with E-state index in [9.17, 15) is 4.79 Å². The standard InChI is InChI=1S/C16H11BrClNO2/c17-11-5-6-15(13(18)8-11)21-16(20)7-10-9-19-14-4-2-1-3-12(10)14/h1-6,8-9,19H,7H2. The summed E-state index contributed by atoms with van der Waals surface area (Å²) in [4.78, 5) is 15.2. The Kier molecular flexibility index (Phi) is 3.99. The molecule has 1 aromatic heterocycles. The first kappa shape index (κ1) is 14.2. The van der Waals surface area contributed by atoms with Crippen LogP contribution in [-0.4, -0.2) is 11.0 Å². The van der Waals surface area contributed by atoms with Gasteiger partial charge in [-0.15, -0.1) is 0 Å². The Hall–Kier alpha value is -1.78. The van der Waals surface area contributed by atoms with Crippen LogP contribution in [0.4, 0.5) is 0 Å². The molecule has 0 saturated carbocycles. The van der Waals surface area contributed by atoms with Crippen LogP contribution in [0.1, 0.15) is 5.56 Å². The van der Waals surface area contributed by atoms with E-state index in [1.165, 1.54) is 0 Å². The Balaban J connectivity index is 1.77. The number of fused-ring (bicyclic) bond motifs is 1. The molecular weight excluding hydrogens is 354 g/mol. The number of aromatic amines is 1. The lowest BCUT2D eigenvalue weighted by molar-refractivity contribution is -0.133. The number of esters is 1. The van der Waals surface area contributed by atoms with Crippen LogP contribution in [0, 0.1) is 0 Å². The van der Waals surface area contributed by atoms with Crippen molar-refractivity contribution < 1.29 is 9.53 Å². The molecule has 3 aromatic rings. The predicted molar refractivity (Wildman–Crippen MR) is 86.8 cm³/mol. The maximum Gasteiger partial charge on any atom is 0.315 e. The highest BCUT2D eigenvalue weighted by molar-refractivity contribution is 9.10. The molecule has 0 fully saturated rings. The summed E-state index contributed by atoms with van der Waals surface area (Å²) >= 11 is 9.35. The molecule has 0 saturated heterocycles. The van der Waals surface area contributed by atoms with Crippen molar-refractivity contribution >= 4 is 44.4 Å². The number of hydrogen-bond acceptors (Lipinski definition) is 2. The van der Waals surface area contributed by atoms with Gasteiger partial charge in [-0.1, -0.05) is 45.7 Å². The molecule has 0 atom stereocenters. The second-order valence-electron chi connectivity index (χ2n) is 4.59. The van der Waals surface area contributed by atoms with Crippen LogP contribution >= 0.6 is 27.5 Å². The molecule has 0 aliphatic rings. The van der Waals surface area contributed by atoms with Crippen molar-refractivity contribution in [2.24, 2.45) is 0 Å². The van der Waals surface area contributed by atoms with Crippen LogP contribution in [0.25, 0.3) is 10.9 Å². The minimum Gasteiger partial charge on any atom is -0.425 e. The van der Waals surface area contributed by atoms with E-state index >= 15 is 0 Å². The minimum absolute atomic E-state index is 0.191. The molecule has 0 bridgehead atoms. The van der Waals surface area contributed by atoms with Crippen LogP contribution < -0.4 is 4.74 Å². The van der Waals surface area contributed by atoms with Crippen molar-refractivity contribution in [2.75, 3.05) is 0 Å². The van der Waals surface area contributed by atoms with E-state index in [-0.39, 0.29) is 12.4 Å². The smallest absolute Gasteiger partial charge is 0.315 e. The number of halogens is 2. The Morgan fingerprint density at radius 3 is 2.86 bits per heavy atom. The van der Waals surface area contributed by atoms with Crippen molar-refractivity contribution in [3.63, 3.8) is 0 Å². The Morgan fingerprint density at radius 1 is 1.24 bits per heavy atom. The van der Waals surface area contributed by atoms with Crippen molar-refractivity contribution in [3.05, 3.63) is 63.7 Å². The highest BCUT2D eigenvalue weighted by Crippen LogP contribution is 2.28. The van der Waals surface area contributed by atoms with Crippen LogP contribution in [0.5, 0.6) is 5.75 Å². The van der Waals surface area contributed by atoms with Crippen LogP contribution in [0.2, 0.25) is 5.02 Å². The van der Waals surface area contributed by atoms with E-state index in [4.69, 9.17) is 16.3 Å². The van der Waals surface area contributed by atoms with Gasteiger partial charge in [0.2, 0.25) is 0 Å². The monoisotopic (exact) mass is 363 g/mol. The summed E-state index contributed by atoms with van der Waals surface area (Å²) in [6.45, 7) is 0. The highest BCUT2D eigenvalue weighted by atomic mass is 79.9. The van der Waals surface area contributed by atoms with Gasteiger partial charge in [-0.25, -0.2) is 0 Å². The Labute approximate surface area is 135 Å². The van der Waals surface area contributed by atoms with Gasteiger partial charge in [-0.05, 0) is 29.8 Å². The first-order chi connectivity index (χ1) is 10.1. The van der Waals surface area contributed by atoms with E-state index in [1.807, 2.05) is 30.5 Å². The molecule has 1 heterocycles. The number of carbonyl (C=O) groups excluding carboxylic acids is 1. The number of nitrogens with one attached hydrogen (secondary N) is 1. The van der Waals surface area contributed by atoms with Gasteiger partial charge < -0.3 is 9.72 Å². The van der Waals surface area contributed by atoms with Crippen molar-refractivity contribution in [1.29, 1.82) is 0 Å². The number of para-hydroxylation sites is 1. The number of H-pyrrole nitrogens is 1. The van der Waals surface area contributed by atoms with Gasteiger partial charge in [0, 0.05) is 21.6 Å². The zero-order valence-corrected chi connectivity index (χ0v) is 13.2. The van der Waals surface area contributed by atoms with Crippen LogP contribution in [0.15, 0.2) is 53.1 Å². The highest BCUT2D eigenvalue weighted by Gasteiger charge is 2.12. The maximum atomic E-state index is 12.1. The molecule has 2 aromatic carbocycles. The van der Waals surface area contributed by atoms with E-state index in [0.717, 1.165) is 20.9 Å². The lowest BCUT2D eigenvalue weighted by Gasteiger charge is -2.06. The molecule has 5 heteroatoms. The van der Waals surface area contributed by atoms with Crippen LogP contribution in [-0.2, 0) is 11.2 Å². The fourth-order valence-electron chi connectivity index (χ4n) is 2.15. The summed E-state index contributed by atoms with van der Waals surface area (Å²) in [6.07, 6.45) is 2.02. The number of ether oxygens (including phenoxy) is 1. The third-order valence-electron chi connectivity index (χ3n) is 3.13. The summed E-state index contributed by atoms with van der Waals surface area (Å²) in [6, 6.07) is 13.0. The molecule has 0 unspecified atom stereocenters. The zero-order valence-electron chi connectivity index (χ0n) is 10.9. The van der Waals surface area contributed by atoms with Gasteiger partial charge >= 0.3 is 5.97 Å². The first-order valence-electron chi connectivity index (χ1n) is 6.34. The molecular formula is C16H11BrClNO2. The molecule has 0 radical (unpaired) electrons. The third-order valence-corrected chi connectivity index (χ3v) is 3.92. The number of hydrogen-bond donors (Lipinski definition) is 1. The van der Waals surface area contributed by atoms with Crippen molar-refractivity contribution in [3.8, 4) is 5.75 Å². The van der Waals surface area contributed by atoms with E-state index in [0.29, 0.717) is 10.8 Å². The molecule has 21 heavy (non-hydrogen) atoms. The van der Waals surface area contributed by atoms with Gasteiger partial charge in [0.15, 0.2) is 0 Å². The second-order valence-corrected chi connectivity index (χ2v) is 5.91. The second kappa shape index (κ2) is 5.92. The number of benzene rings is 2. The quantitative estimate of drug-likeness (QED) is 0.539. The summed E-state index contributed by atoms with van der Waals surface area (Å²) in [5, 5.41) is 1.42. The summed E-state index contributed by atoms with van der Waals surface area (Å²) < 4.78 is 6.15. The molecule has 1 N–H and O–H groups in total. The topological polar surface area (TPSA) is 42.1 Å². The van der Waals surface area contributed by atoms with Crippen molar-refractivity contribution in [1.82, 2.24) is 4.98 Å². The Morgan fingerprint density at radius 2 is 2.05 bits per heavy atom. The summed E-state index contributed by atoms with van der Waals surface area (Å²) in [5.74, 6) is 0.0219. The fraction of sp³-hybridized carbons (Fsp3) is 0.0625. The maximum absolute atomic E-state index is 12.1. The van der Waals surface area contributed by atoms with Gasteiger partial charge in [0.25, 0.3) is 0 Å². The first-order valence-corrected chi connectivity index (χ1v) is 7.51. The molecule has 0 aliphatic heterocycles. The average molecular weight is 365 g/mol. The van der Waals surface area contributed by atoms with E-state index in [1.54, 1.807) is 18.2 Å². The number of carbonyl (C=O) groups is 1. The van der Waals surface area contributed by atoms with Gasteiger partial charge in [0.1, 0.15) is 5.75 Å². The normalized spacial score (nSPS) is 10.8. The average Bonchev–Trinajstić information content (AvgIpc) is 2.85. The predicted octanol–water partition coefficient (Wildman–Crippen LogP) is 4.73. The number of rotatable bonds is 3.